The zero-order valence-corrected chi connectivity index (χ0v) is 13.6. The van der Waals surface area contributed by atoms with Gasteiger partial charge in [-0.05, 0) is 29.4 Å². The third kappa shape index (κ3) is 2.38. The van der Waals surface area contributed by atoms with Crippen molar-refractivity contribution in [3.05, 3.63) is 35.4 Å². The second kappa shape index (κ2) is 4.84. The molecule has 1 unspecified atom stereocenters. The van der Waals surface area contributed by atoms with Crippen LogP contribution in [0.2, 0.25) is 0 Å². The van der Waals surface area contributed by atoms with Gasteiger partial charge in [0.2, 0.25) is 5.91 Å². The lowest BCUT2D eigenvalue weighted by Gasteiger charge is -2.23. The SMILES string of the molecule is CN1C(=O)C2(CCCC2)NC1c1ccc(C(C)(C)C)cc1. The van der Waals surface area contributed by atoms with Gasteiger partial charge >= 0.3 is 0 Å². The first-order chi connectivity index (χ1) is 9.83. The Balaban J connectivity index is 1.86. The van der Waals surface area contributed by atoms with Crippen molar-refractivity contribution in [2.24, 2.45) is 0 Å². The van der Waals surface area contributed by atoms with Crippen LogP contribution in [-0.2, 0) is 10.2 Å². The number of hydrogen-bond donors (Lipinski definition) is 1. The van der Waals surface area contributed by atoms with Crippen LogP contribution in [0.15, 0.2) is 24.3 Å². The van der Waals surface area contributed by atoms with E-state index >= 15 is 0 Å². The molecule has 2 fully saturated rings. The van der Waals surface area contributed by atoms with Crippen molar-refractivity contribution < 1.29 is 4.79 Å². The molecule has 1 aromatic carbocycles. The fourth-order valence-corrected chi connectivity index (χ4v) is 3.68. The highest BCUT2D eigenvalue weighted by Crippen LogP contribution is 2.40. The van der Waals surface area contributed by atoms with E-state index in [1.165, 1.54) is 11.1 Å². The average Bonchev–Trinajstić information content (AvgIpc) is 3.00. The number of benzene rings is 1. The first-order valence-corrected chi connectivity index (χ1v) is 7.99. The lowest BCUT2D eigenvalue weighted by Crippen LogP contribution is -2.43. The zero-order valence-electron chi connectivity index (χ0n) is 13.6. The first kappa shape index (κ1) is 14.6. The minimum atomic E-state index is -0.290. The van der Waals surface area contributed by atoms with Gasteiger partial charge in [0.1, 0.15) is 6.17 Å². The third-order valence-corrected chi connectivity index (χ3v) is 5.08. The van der Waals surface area contributed by atoms with Gasteiger partial charge in [0, 0.05) is 7.05 Å². The van der Waals surface area contributed by atoms with Gasteiger partial charge in [-0.1, -0.05) is 57.9 Å². The Kier molecular flexibility index (Phi) is 3.36. The lowest BCUT2D eigenvalue weighted by molar-refractivity contribution is -0.132. The predicted octanol–water partition coefficient (Wildman–Crippen LogP) is 3.36. The summed E-state index contributed by atoms with van der Waals surface area (Å²) in [5, 5.41) is 3.62. The third-order valence-electron chi connectivity index (χ3n) is 5.08. The van der Waals surface area contributed by atoms with Crippen molar-refractivity contribution in [2.45, 2.75) is 63.6 Å². The molecule has 3 nitrogen and oxygen atoms in total. The number of nitrogens with zero attached hydrogens (tertiary/aromatic N) is 1. The molecule has 0 radical (unpaired) electrons. The molecule has 1 saturated heterocycles. The molecule has 1 saturated carbocycles. The summed E-state index contributed by atoms with van der Waals surface area (Å²) in [5.74, 6) is 0.268. The number of amides is 1. The Morgan fingerprint density at radius 3 is 2.24 bits per heavy atom. The summed E-state index contributed by atoms with van der Waals surface area (Å²) in [6.07, 6.45) is 4.29. The van der Waals surface area contributed by atoms with E-state index in [0.717, 1.165) is 25.7 Å². The number of carbonyl (C=O) groups excluding carboxylic acids is 1. The molecule has 3 heteroatoms. The summed E-state index contributed by atoms with van der Waals surface area (Å²) in [6, 6.07) is 8.70. The van der Waals surface area contributed by atoms with Crippen molar-refractivity contribution in [3.63, 3.8) is 0 Å². The van der Waals surface area contributed by atoms with E-state index in [1.807, 2.05) is 11.9 Å². The van der Waals surface area contributed by atoms with E-state index < -0.39 is 0 Å². The van der Waals surface area contributed by atoms with Gasteiger partial charge in [-0.25, -0.2) is 0 Å². The van der Waals surface area contributed by atoms with Gasteiger partial charge in [0.05, 0.1) is 5.54 Å². The van der Waals surface area contributed by atoms with Crippen LogP contribution >= 0.6 is 0 Å². The molecule has 1 atom stereocenters. The normalized spacial score (nSPS) is 25.0. The van der Waals surface area contributed by atoms with E-state index in [4.69, 9.17) is 0 Å². The van der Waals surface area contributed by atoms with Gasteiger partial charge in [0.25, 0.3) is 0 Å². The second-order valence-corrected chi connectivity index (χ2v) is 7.62. The minimum absolute atomic E-state index is 0.0182. The fourth-order valence-electron chi connectivity index (χ4n) is 3.68. The topological polar surface area (TPSA) is 32.3 Å². The Morgan fingerprint density at radius 1 is 1.14 bits per heavy atom. The molecule has 1 heterocycles. The molecular weight excluding hydrogens is 260 g/mol. The summed E-state index contributed by atoms with van der Waals surface area (Å²) in [7, 11) is 1.92. The molecule has 1 amide bonds. The van der Waals surface area contributed by atoms with Crippen LogP contribution in [0.4, 0.5) is 0 Å². The van der Waals surface area contributed by atoms with Crippen LogP contribution in [0.1, 0.15) is 63.7 Å². The smallest absolute Gasteiger partial charge is 0.244 e. The summed E-state index contributed by atoms with van der Waals surface area (Å²) < 4.78 is 0. The maximum atomic E-state index is 12.6. The van der Waals surface area contributed by atoms with Crippen LogP contribution in [0.3, 0.4) is 0 Å². The van der Waals surface area contributed by atoms with Gasteiger partial charge in [-0.15, -0.1) is 0 Å². The Labute approximate surface area is 127 Å². The molecule has 114 valence electrons. The van der Waals surface area contributed by atoms with E-state index in [2.05, 4.69) is 50.4 Å². The van der Waals surface area contributed by atoms with E-state index in [-0.39, 0.29) is 23.0 Å². The molecule has 21 heavy (non-hydrogen) atoms. The van der Waals surface area contributed by atoms with Crippen LogP contribution < -0.4 is 5.32 Å². The van der Waals surface area contributed by atoms with Crippen molar-refractivity contribution in [1.29, 1.82) is 0 Å². The van der Waals surface area contributed by atoms with E-state index in [0.29, 0.717) is 0 Å². The van der Waals surface area contributed by atoms with Gasteiger partial charge in [0.15, 0.2) is 0 Å². The Morgan fingerprint density at radius 2 is 1.71 bits per heavy atom. The summed E-state index contributed by atoms with van der Waals surface area (Å²) in [6.45, 7) is 6.66. The highest BCUT2D eigenvalue weighted by molar-refractivity contribution is 5.89. The Bertz CT molecular complexity index is 535. The van der Waals surface area contributed by atoms with Crippen molar-refractivity contribution in [2.75, 3.05) is 7.05 Å². The molecule has 1 aliphatic heterocycles. The molecule has 3 rings (SSSR count). The van der Waals surface area contributed by atoms with Crippen LogP contribution in [-0.4, -0.2) is 23.4 Å². The molecule has 1 aliphatic carbocycles. The molecular formula is C18H26N2O. The fraction of sp³-hybridized carbons (Fsp3) is 0.611. The zero-order chi connectivity index (χ0) is 15.3. The van der Waals surface area contributed by atoms with Crippen molar-refractivity contribution in [1.82, 2.24) is 10.2 Å². The molecule has 1 spiro atoms. The van der Waals surface area contributed by atoms with Gasteiger partial charge < -0.3 is 4.90 Å². The maximum absolute atomic E-state index is 12.6. The number of nitrogens with one attached hydrogen (secondary N) is 1. The number of carbonyl (C=O) groups is 1. The van der Waals surface area contributed by atoms with Crippen LogP contribution in [0.25, 0.3) is 0 Å². The number of rotatable bonds is 1. The Hall–Kier alpha value is -1.35. The summed E-state index contributed by atoms with van der Waals surface area (Å²) in [5.41, 5.74) is 2.38. The van der Waals surface area contributed by atoms with Gasteiger partial charge in [-0.2, -0.15) is 0 Å². The first-order valence-electron chi connectivity index (χ1n) is 7.99. The molecule has 1 N–H and O–H groups in total. The molecule has 0 bridgehead atoms. The molecule has 1 aromatic rings. The summed E-state index contributed by atoms with van der Waals surface area (Å²) in [4.78, 5) is 14.5. The van der Waals surface area contributed by atoms with Crippen molar-refractivity contribution in [3.8, 4) is 0 Å². The van der Waals surface area contributed by atoms with Crippen molar-refractivity contribution >= 4 is 5.91 Å². The largest absolute Gasteiger partial charge is 0.324 e. The van der Waals surface area contributed by atoms with Crippen LogP contribution in [0, 0.1) is 0 Å². The highest BCUT2D eigenvalue weighted by Gasteiger charge is 2.51. The number of hydrogen-bond acceptors (Lipinski definition) is 2. The van der Waals surface area contributed by atoms with Gasteiger partial charge in [-0.3, -0.25) is 10.1 Å². The maximum Gasteiger partial charge on any atom is 0.244 e. The molecule has 0 aromatic heterocycles. The second-order valence-electron chi connectivity index (χ2n) is 7.62. The van der Waals surface area contributed by atoms with E-state index in [9.17, 15) is 4.79 Å². The minimum Gasteiger partial charge on any atom is -0.324 e. The molecule has 2 aliphatic rings. The highest BCUT2D eigenvalue weighted by atomic mass is 16.2. The standard InChI is InChI=1S/C18H26N2O/c1-17(2,3)14-9-7-13(8-10-14)15-19-18(11-5-6-12-18)16(21)20(15)4/h7-10,15,19H,5-6,11-12H2,1-4H3. The van der Waals surface area contributed by atoms with E-state index in [1.54, 1.807) is 0 Å². The number of likely N-dealkylation sites (N-methyl/N-ethyl adjacent to an activating group) is 1. The monoisotopic (exact) mass is 286 g/mol. The predicted molar refractivity (Wildman–Crippen MR) is 85.0 cm³/mol. The average molecular weight is 286 g/mol. The lowest BCUT2D eigenvalue weighted by atomic mass is 9.86. The van der Waals surface area contributed by atoms with Crippen LogP contribution in [0.5, 0.6) is 0 Å². The quantitative estimate of drug-likeness (QED) is 0.858. The summed E-state index contributed by atoms with van der Waals surface area (Å²) >= 11 is 0.